The van der Waals surface area contributed by atoms with Crippen LogP contribution in [0.3, 0.4) is 0 Å². The van der Waals surface area contributed by atoms with Gasteiger partial charge in [-0.1, -0.05) is 55.4 Å². The van der Waals surface area contributed by atoms with Crippen LogP contribution in [0.1, 0.15) is 81.7 Å². The normalized spacial score (nSPS) is 16.5. The SMILES string of the molecule is CCOc1cc(C(=O)OC(=O)/C=C(C)/C=C/C=C(C)/C=C/C2=C(C)CCCC2(C)C)cnc1C(=O)O. The number of esters is 2. The Morgan fingerprint density at radius 1 is 1.17 bits per heavy atom. The molecule has 1 aromatic heterocycles. The van der Waals surface area contributed by atoms with E-state index >= 15 is 0 Å². The van der Waals surface area contributed by atoms with Crippen molar-refractivity contribution >= 4 is 17.9 Å². The molecule has 0 saturated carbocycles. The number of ether oxygens (including phenoxy) is 2. The Balaban J connectivity index is 2.01. The highest BCUT2D eigenvalue weighted by molar-refractivity contribution is 6.01. The molecule has 1 aliphatic carbocycles. The number of carboxylic acid groups (broad SMARTS) is 1. The molecule has 1 aliphatic rings. The number of allylic oxidation sites excluding steroid dienone is 9. The van der Waals surface area contributed by atoms with Crippen LogP contribution < -0.4 is 4.74 Å². The number of nitrogens with zero attached hydrogens (tertiary/aromatic N) is 1. The second-order valence-electron chi connectivity index (χ2n) is 9.44. The van der Waals surface area contributed by atoms with Gasteiger partial charge >= 0.3 is 17.9 Å². The van der Waals surface area contributed by atoms with Crippen LogP contribution in [0.25, 0.3) is 0 Å². The van der Waals surface area contributed by atoms with E-state index in [-0.39, 0.29) is 29.0 Å². The average molecular weight is 494 g/mol. The van der Waals surface area contributed by atoms with Crippen LogP contribution in [0.15, 0.2) is 71.0 Å². The number of carbonyl (C=O) groups excluding carboxylic acids is 2. The number of aromatic carboxylic acids is 1. The largest absolute Gasteiger partial charge is 0.491 e. The van der Waals surface area contributed by atoms with Crippen molar-refractivity contribution in [2.75, 3.05) is 6.61 Å². The smallest absolute Gasteiger partial charge is 0.358 e. The zero-order valence-electron chi connectivity index (χ0n) is 21.9. The summed E-state index contributed by atoms with van der Waals surface area (Å²) in [6.07, 6.45) is 15.6. The summed E-state index contributed by atoms with van der Waals surface area (Å²) < 4.78 is 10.1. The predicted molar refractivity (Wildman–Crippen MR) is 139 cm³/mol. The second kappa shape index (κ2) is 12.8. The van der Waals surface area contributed by atoms with Crippen molar-refractivity contribution in [3.05, 3.63) is 82.3 Å². The fraction of sp³-hybridized carbons (Fsp3) is 0.379. The number of pyridine rings is 1. The summed E-state index contributed by atoms with van der Waals surface area (Å²) in [4.78, 5) is 39.4. The van der Waals surface area contributed by atoms with Crippen molar-refractivity contribution in [3.8, 4) is 5.75 Å². The maximum Gasteiger partial charge on any atom is 0.358 e. The van der Waals surface area contributed by atoms with E-state index in [0.717, 1.165) is 18.2 Å². The third-order valence-electron chi connectivity index (χ3n) is 5.90. The molecule has 36 heavy (non-hydrogen) atoms. The van der Waals surface area contributed by atoms with Crippen molar-refractivity contribution in [3.63, 3.8) is 0 Å². The first-order valence-corrected chi connectivity index (χ1v) is 12.0. The number of carboxylic acids is 1. The van der Waals surface area contributed by atoms with E-state index in [4.69, 9.17) is 14.6 Å². The summed E-state index contributed by atoms with van der Waals surface area (Å²) in [7, 11) is 0. The monoisotopic (exact) mass is 493 g/mol. The van der Waals surface area contributed by atoms with Gasteiger partial charge in [0.1, 0.15) is 0 Å². The van der Waals surface area contributed by atoms with Crippen molar-refractivity contribution in [1.82, 2.24) is 4.98 Å². The van der Waals surface area contributed by atoms with Gasteiger partial charge in [-0.15, -0.1) is 0 Å². The fourth-order valence-electron chi connectivity index (χ4n) is 4.03. The Bertz CT molecular complexity index is 1160. The van der Waals surface area contributed by atoms with E-state index in [2.05, 4.69) is 37.9 Å². The van der Waals surface area contributed by atoms with Crippen molar-refractivity contribution in [2.24, 2.45) is 5.41 Å². The predicted octanol–water partition coefficient (Wildman–Crippen LogP) is 6.39. The number of hydrogen-bond donors (Lipinski definition) is 1. The lowest BCUT2D eigenvalue weighted by Crippen LogP contribution is -2.19. The molecule has 0 atom stereocenters. The standard InChI is InChI=1S/C29H35NO6/c1-7-35-24-17-22(18-30-26(24)27(32)33)28(34)36-25(31)16-20(3)11-8-10-19(2)13-14-23-21(4)12-9-15-29(23,5)6/h8,10-11,13-14,16-18H,7,9,12,15H2,1-6H3,(H,32,33)/b11-8+,14-13+,19-10+,20-16+. The Morgan fingerprint density at radius 3 is 2.53 bits per heavy atom. The molecule has 0 radical (unpaired) electrons. The van der Waals surface area contributed by atoms with E-state index in [9.17, 15) is 14.4 Å². The zero-order valence-corrected chi connectivity index (χ0v) is 21.9. The number of hydrogen-bond acceptors (Lipinski definition) is 6. The quantitative estimate of drug-likeness (QED) is 0.184. The number of carbonyl (C=O) groups is 3. The first-order chi connectivity index (χ1) is 16.9. The molecule has 0 aliphatic heterocycles. The van der Waals surface area contributed by atoms with Gasteiger partial charge in [-0.05, 0) is 69.6 Å². The first-order valence-electron chi connectivity index (χ1n) is 12.0. The zero-order chi connectivity index (χ0) is 26.9. The van der Waals surface area contributed by atoms with Crippen LogP contribution in [-0.2, 0) is 9.53 Å². The summed E-state index contributed by atoms with van der Waals surface area (Å²) in [6.45, 7) is 12.4. The van der Waals surface area contributed by atoms with Gasteiger partial charge in [0.05, 0.1) is 12.2 Å². The molecule has 0 bridgehead atoms. The molecule has 7 nitrogen and oxygen atoms in total. The van der Waals surface area contributed by atoms with Crippen LogP contribution in [0.5, 0.6) is 5.75 Å². The molecule has 0 aromatic carbocycles. The fourth-order valence-corrected chi connectivity index (χ4v) is 4.03. The Hall–Kier alpha value is -3.74. The summed E-state index contributed by atoms with van der Waals surface area (Å²) in [6, 6.07) is 1.19. The molecule has 2 rings (SSSR count). The van der Waals surface area contributed by atoms with Gasteiger partial charge in [0.15, 0.2) is 11.4 Å². The molecule has 0 amide bonds. The summed E-state index contributed by atoms with van der Waals surface area (Å²) in [5.74, 6) is -3.15. The van der Waals surface area contributed by atoms with Crippen LogP contribution in [0.4, 0.5) is 0 Å². The molecular weight excluding hydrogens is 458 g/mol. The number of aromatic nitrogens is 1. The van der Waals surface area contributed by atoms with Crippen LogP contribution in [0.2, 0.25) is 0 Å². The minimum absolute atomic E-state index is 0.0729. The first kappa shape index (κ1) is 28.5. The van der Waals surface area contributed by atoms with E-state index < -0.39 is 17.9 Å². The lowest BCUT2D eigenvalue weighted by atomic mass is 9.72. The maximum absolute atomic E-state index is 12.3. The van der Waals surface area contributed by atoms with Crippen molar-refractivity contribution in [1.29, 1.82) is 0 Å². The van der Waals surface area contributed by atoms with Gasteiger partial charge in [-0.2, -0.15) is 0 Å². The molecular formula is C29H35NO6. The van der Waals surface area contributed by atoms with Crippen LogP contribution in [0, 0.1) is 5.41 Å². The number of rotatable bonds is 9. The van der Waals surface area contributed by atoms with E-state index in [0.29, 0.717) is 5.57 Å². The van der Waals surface area contributed by atoms with Crippen LogP contribution in [-0.4, -0.2) is 34.6 Å². The summed E-state index contributed by atoms with van der Waals surface area (Å²) in [5.41, 5.74) is 4.28. The molecule has 0 unspecified atom stereocenters. The lowest BCUT2D eigenvalue weighted by molar-refractivity contribution is -0.132. The molecule has 0 spiro atoms. The van der Waals surface area contributed by atoms with Gasteiger partial charge in [0, 0.05) is 12.3 Å². The van der Waals surface area contributed by atoms with Gasteiger partial charge in [-0.3, -0.25) is 0 Å². The summed E-state index contributed by atoms with van der Waals surface area (Å²) >= 11 is 0. The van der Waals surface area contributed by atoms with Gasteiger partial charge in [-0.25, -0.2) is 19.4 Å². The third kappa shape index (κ3) is 8.18. The van der Waals surface area contributed by atoms with Crippen molar-refractivity contribution < 1.29 is 29.0 Å². The van der Waals surface area contributed by atoms with Crippen LogP contribution >= 0.6 is 0 Å². The molecule has 0 saturated heterocycles. The maximum atomic E-state index is 12.3. The summed E-state index contributed by atoms with van der Waals surface area (Å²) in [5, 5.41) is 9.16. The minimum atomic E-state index is -1.29. The Labute approximate surface area is 212 Å². The van der Waals surface area contributed by atoms with E-state index in [1.165, 1.54) is 36.1 Å². The van der Waals surface area contributed by atoms with Crippen molar-refractivity contribution in [2.45, 2.75) is 60.8 Å². The van der Waals surface area contributed by atoms with E-state index in [1.807, 2.05) is 19.1 Å². The molecule has 0 fully saturated rings. The second-order valence-corrected chi connectivity index (χ2v) is 9.44. The highest BCUT2D eigenvalue weighted by atomic mass is 16.6. The molecule has 1 N–H and O–H groups in total. The molecule has 192 valence electrons. The topological polar surface area (TPSA) is 103 Å². The lowest BCUT2D eigenvalue weighted by Gasteiger charge is -2.32. The van der Waals surface area contributed by atoms with E-state index in [1.54, 1.807) is 19.9 Å². The Morgan fingerprint density at radius 2 is 1.89 bits per heavy atom. The third-order valence-corrected chi connectivity index (χ3v) is 5.90. The highest BCUT2D eigenvalue weighted by Crippen LogP contribution is 2.40. The van der Waals surface area contributed by atoms with Gasteiger partial charge in [0.2, 0.25) is 0 Å². The Kier molecular flexibility index (Phi) is 10.1. The molecule has 1 heterocycles. The minimum Gasteiger partial charge on any atom is -0.491 e. The molecule has 7 heteroatoms. The average Bonchev–Trinajstić information content (AvgIpc) is 2.78. The van der Waals surface area contributed by atoms with Gasteiger partial charge < -0.3 is 14.6 Å². The molecule has 1 aromatic rings. The highest BCUT2D eigenvalue weighted by Gasteiger charge is 2.26. The van der Waals surface area contributed by atoms with Gasteiger partial charge in [0.25, 0.3) is 0 Å².